The average Bonchev–Trinajstić information content (AvgIpc) is 2.86. The summed E-state index contributed by atoms with van der Waals surface area (Å²) in [5.41, 5.74) is 6.80. The lowest BCUT2D eigenvalue weighted by Crippen LogP contribution is -2.20. The molecule has 3 rings (SSSR count). The Labute approximate surface area is 240 Å². The normalized spacial score (nSPS) is 12.0. The summed E-state index contributed by atoms with van der Waals surface area (Å²) in [6.07, 6.45) is 2.41. The molecule has 0 aliphatic rings. The summed E-state index contributed by atoms with van der Waals surface area (Å²) in [5.74, 6) is 1.36. The maximum atomic E-state index is 12.5. The van der Waals surface area contributed by atoms with Crippen LogP contribution in [0.15, 0.2) is 64.2 Å². The molecule has 1 amide bonds. The first kappa shape index (κ1) is 30.2. The summed E-state index contributed by atoms with van der Waals surface area (Å²) in [7, 11) is 1.59. The third-order valence-corrected chi connectivity index (χ3v) is 6.85. The Hall–Kier alpha value is -3.32. The Morgan fingerprint density at radius 3 is 2.10 bits per heavy atom. The van der Waals surface area contributed by atoms with Gasteiger partial charge in [0.05, 0.1) is 13.3 Å². The predicted molar refractivity (Wildman–Crippen MR) is 161 cm³/mol. The monoisotopic (exact) mass is 594 g/mol. The lowest BCUT2D eigenvalue weighted by atomic mass is 9.78. The van der Waals surface area contributed by atoms with Gasteiger partial charge in [-0.1, -0.05) is 81.7 Å². The first-order chi connectivity index (χ1) is 18.3. The van der Waals surface area contributed by atoms with Crippen LogP contribution in [0.2, 0.25) is 0 Å². The van der Waals surface area contributed by atoms with Gasteiger partial charge < -0.3 is 14.6 Å². The van der Waals surface area contributed by atoms with Crippen LogP contribution in [0.1, 0.15) is 75.8 Å². The Balaban J connectivity index is 1.61. The van der Waals surface area contributed by atoms with E-state index in [4.69, 9.17) is 9.47 Å². The van der Waals surface area contributed by atoms with Crippen LogP contribution in [0.25, 0.3) is 0 Å². The molecular weight excluding hydrogens is 556 g/mol. The van der Waals surface area contributed by atoms with E-state index in [1.807, 2.05) is 54.6 Å². The molecule has 3 aromatic carbocycles. The number of rotatable bonds is 9. The highest BCUT2D eigenvalue weighted by molar-refractivity contribution is 9.10. The number of hydrazone groups is 1. The molecule has 0 bridgehead atoms. The molecule has 7 heteroatoms. The van der Waals surface area contributed by atoms with Crippen molar-refractivity contribution in [2.75, 3.05) is 7.11 Å². The molecular formula is C32H39BrN2O4. The first-order valence-corrected chi connectivity index (χ1v) is 13.8. The van der Waals surface area contributed by atoms with Gasteiger partial charge in [0, 0.05) is 10.9 Å². The SMILES string of the molecule is COc1cc(/C=N\NC(=O)CCc2cc(C(C)(C)C)c(O)c(C(C)(C)C)c2)ccc1OCc1ccc(Br)cc1. The van der Waals surface area contributed by atoms with Gasteiger partial charge in [0.1, 0.15) is 12.4 Å². The summed E-state index contributed by atoms with van der Waals surface area (Å²) < 4.78 is 12.4. The smallest absolute Gasteiger partial charge is 0.240 e. The third-order valence-electron chi connectivity index (χ3n) is 6.32. The molecule has 0 spiro atoms. The summed E-state index contributed by atoms with van der Waals surface area (Å²) in [4.78, 5) is 12.5. The van der Waals surface area contributed by atoms with Gasteiger partial charge in [-0.3, -0.25) is 4.79 Å². The van der Waals surface area contributed by atoms with Crippen LogP contribution < -0.4 is 14.9 Å². The van der Waals surface area contributed by atoms with Crippen LogP contribution in [0.4, 0.5) is 0 Å². The number of phenolic OH excluding ortho intramolecular Hbond substituents is 1. The number of nitrogens with zero attached hydrogens (tertiary/aromatic N) is 1. The van der Waals surface area contributed by atoms with E-state index in [-0.39, 0.29) is 23.2 Å². The number of halogens is 1. The fourth-order valence-electron chi connectivity index (χ4n) is 4.10. The highest BCUT2D eigenvalue weighted by atomic mass is 79.9. The second-order valence-electron chi connectivity index (χ2n) is 11.7. The summed E-state index contributed by atoms with van der Waals surface area (Å²) >= 11 is 3.43. The van der Waals surface area contributed by atoms with E-state index in [2.05, 4.69) is 68.0 Å². The number of ether oxygens (including phenoxy) is 2. The molecule has 0 saturated carbocycles. The molecule has 2 N–H and O–H groups in total. The van der Waals surface area contributed by atoms with Crippen molar-refractivity contribution in [3.63, 3.8) is 0 Å². The van der Waals surface area contributed by atoms with Gasteiger partial charge in [0.25, 0.3) is 0 Å². The number of methoxy groups -OCH3 is 1. The number of phenols is 1. The van der Waals surface area contributed by atoms with Gasteiger partial charge in [0.15, 0.2) is 11.5 Å². The van der Waals surface area contributed by atoms with Crippen molar-refractivity contribution in [2.45, 2.75) is 71.8 Å². The number of aromatic hydroxyl groups is 1. The number of hydrogen-bond acceptors (Lipinski definition) is 5. The van der Waals surface area contributed by atoms with Crippen LogP contribution >= 0.6 is 15.9 Å². The van der Waals surface area contributed by atoms with Gasteiger partial charge in [-0.2, -0.15) is 5.10 Å². The molecule has 0 fully saturated rings. The van der Waals surface area contributed by atoms with Gasteiger partial charge in [-0.15, -0.1) is 0 Å². The van der Waals surface area contributed by atoms with E-state index in [1.54, 1.807) is 13.3 Å². The fourth-order valence-corrected chi connectivity index (χ4v) is 4.36. The van der Waals surface area contributed by atoms with E-state index in [9.17, 15) is 9.90 Å². The van der Waals surface area contributed by atoms with Crippen LogP contribution in [-0.4, -0.2) is 24.3 Å². The Bertz CT molecular complexity index is 1280. The molecule has 0 radical (unpaired) electrons. The number of benzene rings is 3. The zero-order valence-electron chi connectivity index (χ0n) is 23.9. The highest BCUT2D eigenvalue weighted by Gasteiger charge is 2.26. The molecule has 39 heavy (non-hydrogen) atoms. The zero-order valence-corrected chi connectivity index (χ0v) is 25.5. The number of amides is 1. The Kier molecular flexibility index (Phi) is 9.83. The minimum atomic E-state index is -0.215. The molecule has 3 aromatic rings. The minimum Gasteiger partial charge on any atom is -0.507 e. The first-order valence-electron chi connectivity index (χ1n) is 13.0. The molecule has 0 aliphatic heterocycles. The van der Waals surface area contributed by atoms with Crippen LogP contribution in [0.3, 0.4) is 0 Å². The van der Waals surface area contributed by atoms with E-state index in [1.165, 1.54) is 0 Å². The Morgan fingerprint density at radius 1 is 0.923 bits per heavy atom. The van der Waals surface area contributed by atoms with Gasteiger partial charge in [-0.25, -0.2) is 5.43 Å². The number of aryl methyl sites for hydroxylation is 1. The number of nitrogens with one attached hydrogen (secondary N) is 1. The van der Waals surface area contributed by atoms with Crippen molar-refractivity contribution in [1.82, 2.24) is 5.43 Å². The van der Waals surface area contributed by atoms with Gasteiger partial charge >= 0.3 is 0 Å². The van der Waals surface area contributed by atoms with Crippen LogP contribution in [-0.2, 0) is 28.7 Å². The maximum absolute atomic E-state index is 12.5. The van der Waals surface area contributed by atoms with Crippen molar-refractivity contribution in [3.8, 4) is 17.2 Å². The van der Waals surface area contributed by atoms with Crippen molar-refractivity contribution < 1.29 is 19.4 Å². The van der Waals surface area contributed by atoms with E-state index in [0.717, 1.165) is 32.3 Å². The quantitative estimate of drug-likeness (QED) is 0.199. The number of hydrogen-bond donors (Lipinski definition) is 2. The van der Waals surface area contributed by atoms with E-state index in [0.29, 0.717) is 30.3 Å². The topological polar surface area (TPSA) is 80.2 Å². The molecule has 0 unspecified atom stereocenters. The second-order valence-corrected chi connectivity index (χ2v) is 12.6. The predicted octanol–water partition coefficient (Wildman–Crippen LogP) is 7.42. The van der Waals surface area contributed by atoms with Crippen molar-refractivity contribution in [3.05, 3.63) is 86.9 Å². The van der Waals surface area contributed by atoms with Gasteiger partial charge in [0.2, 0.25) is 5.91 Å². The number of carbonyl (C=O) groups excluding carboxylic acids is 1. The van der Waals surface area contributed by atoms with Crippen LogP contribution in [0, 0.1) is 0 Å². The molecule has 0 aromatic heterocycles. The zero-order chi connectivity index (χ0) is 28.8. The van der Waals surface area contributed by atoms with Crippen molar-refractivity contribution in [1.29, 1.82) is 0 Å². The summed E-state index contributed by atoms with van der Waals surface area (Å²) in [6, 6.07) is 17.4. The Morgan fingerprint density at radius 2 is 1.54 bits per heavy atom. The molecule has 0 heterocycles. The summed E-state index contributed by atoms with van der Waals surface area (Å²) in [6.45, 7) is 12.9. The van der Waals surface area contributed by atoms with Crippen molar-refractivity contribution in [2.24, 2.45) is 5.10 Å². The molecule has 0 saturated heterocycles. The van der Waals surface area contributed by atoms with E-state index < -0.39 is 0 Å². The minimum absolute atomic E-state index is 0.185. The standard InChI is InChI=1S/C32H39BrN2O4/c1-31(2,3)25-16-22(17-26(30(25)37)32(4,5)6)11-15-29(36)35-34-19-23-10-14-27(28(18-23)38-7)39-20-21-8-12-24(33)13-9-21/h8-10,12-14,16-19,37H,11,15,20H2,1-7H3,(H,35,36)/b34-19-. The molecule has 6 nitrogen and oxygen atoms in total. The fraction of sp³-hybridized carbons (Fsp3) is 0.375. The van der Waals surface area contributed by atoms with E-state index >= 15 is 0 Å². The largest absolute Gasteiger partial charge is 0.507 e. The van der Waals surface area contributed by atoms with Gasteiger partial charge in [-0.05, 0) is 75.4 Å². The van der Waals surface area contributed by atoms with Crippen LogP contribution in [0.5, 0.6) is 17.2 Å². The second kappa shape index (κ2) is 12.7. The molecule has 0 atom stereocenters. The number of carbonyl (C=O) groups is 1. The third kappa shape index (κ3) is 8.59. The lowest BCUT2D eigenvalue weighted by molar-refractivity contribution is -0.121. The summed E-state index contributed by atoms with van der Waals surface area (Å²) in [5, 5.41) is 15.0. The maximum Gasteiger partial charge on any atom is 0.240 e. The highest BCUT2D eigenvalue weighted by Crippen LogP contribution is 2.40. The lowest BCUT2D eigenvalue weighted by Gasteiger charge is -2.28. The molecule has 0 aliphatic carbocycles. The molecule has 208 valence electrons. The van der Waals surface area contributed by atoms with Crippen molar-refractivity contribution >= 4 is 28.1 Å². The average molecular weight is 596 g/mol.